The fraction of sp³-hybridized carbons (Fsp3) is 0. The Hall–Kier alpha value is -3.24. The van der Waals surface area contributed by atoms with Crippen LogP contribution < -0.4 is 0 Å². The topological polar surface area (TPSA) is 20.2 Å². The molecule has 0 radical (unpaired) electrons. The van der Waals surface area contributed by atoms with Crippen LogP contribution in [0.25, 0.3) is 0 Å². The highest BCUT2D eigenvalue weighted by Gasteiger charge is 1.97. The molecule has 1 aromatic rings. The van der Waals surface area contributed by atoms with Gasteiger partial charge in [0.25, 0.3) is 0 Å². The molecule has 0 amide bonds. The highest BCUT2D eigenvalue weighted by molar-refractivity contribution is 5.54. The van der Waals surface area contributed by atoms with Gasteiger partial charge in [0.2, 0.25) is 0 Å². The first-order chi connectivity index (χ1) is 11.1. The van der Waals surface area contributed by atoms with E-state index in [9.17, 15) is 5.11 Å². The lowest BCUT2D eigenvalue weighted by molar-refractivity contribution is 0.433. The lowest BCUT2D eigenvalue weighted by Gasteiger charge is -2.01. The molecule has 0 aliphatic heterocycles. The lowest BCUT2D eigenvalue weighted by atomic mass is 10.0. The maximum atomic E-state index is 9.48. The highest BCUT2D eigenvalue weighted by Crippen LogP contribution is 2.14. The molecule has 1 heteroatoms. The molecule has 1 N–H and O–H groups in total. The average molecular weight is 300 g/mol. The van der Waals surface area contributed by atoms with Crippen LogP contribution in [0.2, 0.25) is 0 Å². The summed E-state index contributed by atoms with van der Waals surface area (Å²) < 4.78 is 0. The summed E-state index contributed by atoms with van der Waals surface area (Å²) in [5, 5.41) is 9.48. The van der Waals surface area contributed by atoms with Crippen LogP contribution >= 0.6 is 0 Å². The summed E-state index contributed by atoms with van der Waals surface area (Å²) in [5.74, 6) is 6.22. The van der Waals surface area contributed by atoms with Crippen molar-refractivity contribution in [3.8, 4) is 11.8 Å². The van der Waals surface area contributed by atoms with E-state index in [1.54, 1.807) is 24.3 Å². The maximum absolute atomic E-state index is 9.48. The lowest BCUT2D eigenvalue weighted by Crippen LogP contribution is -1.84. The molecular weight excluding hydrogens is 280 g/mol. The Balaban J connectivity index is 3.19. The standard InChI is InChI=1S/C22H20O/c1-5-18(4)21(15-16-22(23)7-3)17-19(6-2)13-14-20-11-9-8-10-12-20/h5-12,15-17,23H,1-4H2/b19-17+,21-15-,22-16+. The Morgan fingerprint density at radius 3 is 2.22 bits per heavy atom. The van der Waals surface area contributed by atoms with Crippen LogP contribution in [0.4, 0.5) is 0 Å². The normalized spacial score (nSPS) is 11.9. The van der Waals surface area contributed by atoms with Crippen molar-refractivity contribution in [2.24, 2.45) is 0 Å². The van der Waals surface area contributed by atoms with E-state index in [-0.39, 0.29) is 5.76 Å². The molecular formula is C22H20O. The van der Waals surface area contributed by atoms with Crippen molar-refractivity contribution < 1.29 is 5.11 Å². The number of hydrogen-bond acceptors (Lipinski definition) is 1. The molecule has 0 unspecified atom stereocenters. The molecule has 23 heavy (non-hydrogen) atoms. The number of allylic oxidation sites excluding steroid dienone is 9. The van der Waals surface area contributed by atoms with E-state index >= 15 is 0 Å². The Labute approximate surface area is 138 Å². The summed E-state index contributed by atoms with van der Waals surface area (Å²) in [6, 6.07) is 9.71. The minimum Gasteiger partial charge on any atom is -0.508 e. The van der Waals surface area contributed by atoms with Gasteiger partial charge in [0.1, 0.15) is 5.76 Å². The minimum absolute atomic E-state index is 0.0725. The SMILES string of the molecule is C=CC(=C)C(=C\C=C(\O)C=C)/C=C(/C#Cc1ccccc1)C=C. The van der Waals surface area contributed by atoms with Crippen LogP contribution in [-0.4, -0.2) is 5.11 Å². The third-order valence-corrected chi connectivity index (χ3v) is 2.92. The quantitative estimate of drug-likeness (QED) is 0.421. The zero-order valence-corrected chi connectivity index (χ0v) is 13.1. The summed E-state index contributed by atoms with van der Waals surface area (Å²) in [4.78, 5) is 0. The van der Waals surface area contributed by atoms with E-state index in [1.165, 1.54) is 6.08 Å². The predicted octanol–water partition coefficient (Wildman–Crippen LogP) is 5.45. The smallest absolute Gasteiger partial charge is 0.115 e. The zero-order chi connectivity index (χ0) is 17.1. The van der Waals surface area contributed by atoms with Gasteiger partial charge in [-0.25, -0.2) is 0 Å². The van der Waals surface area contributed by atoms with Gasteiger partial charge in [-0.15, -0.1) is 0 Å². The Kier molecular flexibility index (Phi) is 7.47. The van der Waals surface area contributed by atoms with Crippen molar-refractivity contribution in [2.75, 3.05) is 0 Å². The van der Waals surface area contributed by atoms with Gasteiger partial charge in [-0.1, -0.05) is 74.6 Å². The Morgan fingerprint density at radius 1 is 0.957 bits per heavy atom. The Bertz CT molecular complexity index is 744. The van der Waals surface area contributed by atoms with Gasteiger partial charge in [0.05, 0.1) is 0 Å². The van der Waals surface area contributed by atoms with E-state index in [2.05, 4.69) is 38.2 Å². The molecule has 0 heterocycles. The molecule has 1 nitrogen and oxygen atoms in total. The average Bonchev–Trinajstić information content (AvgIpc) is 2.61. The van der Waals surface area contributed by atoms with Crippen molar-refractivity contribution in [1.29, 1.82) is 0 Å². The fourth-order valence-corrected chi connectivity index (χ4v) is 1.59. The van der Waals surface area contributed by atoms with Crippen LogP contribution in [0.15, 0.2) is 116 Å². The fourth-order valence-electron chi connectivity index (χ4n) is 1.59. The molecule has 1 rings (SSSR count). The number of aliphatic hydroxyl groups is 1. The van der Waals surface area contributed by atoms with Gasteiger partial charge in [0.15, 0.2) is 0 Å². The summed E-state index contributed by atoms with van der Waals surface area (Å²) in [7, 11) is 0. The van der Waals surface area contributed by atoms with Gasteiger partial charge in [-0.05, 0) is 41.5 Å². The van der Waals surface area contributed by atoms with Gasteiger partial charge >= 0.3 is 0 Å². The van der Waals surface area contributed by atoms with Crippen molar-refractivity contribution in [2.45, 2.75) is 0 Å². The monoisotopic (exact) mass is 300 g/mol. The van der Waals surface area contributed by atoms with Gasteiger partial charge in [-0.3, -0.25) is 0 Å². The second-order valence-corrected chi connectivity index (χ2v) is 4.57. The van der Waals surface area contributed by atoms with Crippen molar-refractivity contribution in [3.05, 3.63) is 121 Å². The zero-order valence-electron chi connectivity index (χ0n) is 13.1. The molecule has 0 aromatic heterocycles. The number of aliphatic hydroxyl groups excluding tert-OH is 1. The highest BCUT2D eigenvalue weighted by atomic mass is 16.3. The summed E-state index contributed by atoms with van der Waals surface area (Å²) >= 11 is 0. The van der Waals surface area contributed by atoms with Crippen LogP contribution in [0, 0.1) is 11.8 Å². The summed E-state index contributed by atoms with van der Waals surface area (Å²) in [6.07, 6.45) is 9.80. The minimum atomic E-state index is 0.0725. The third-order valence-electron chi connectivity index (χ3n) is 2.92. The van der Waals surface area contributed by atoms with Crippen LogP contribution in [0.1, 0.15) is 5.56 Å². The summed E-state index contributed by atoms with van der Waals surface area (Å²) in [6.45, 7) is 14.9. The molecule has 0 saturated heterocycles. The molecule has 0 spiro atoms. The number of rotatable bonds is 6. The number of benzene rings is 1. The molecule has 0 fully saturated rings. The van der Waals surface area contributed by atoms with E-state index in [1.807, 2.05) is 36.4 Å². The second kappa shape index (κ2) is 9.65. The van der Waals surface area contributed by atoms with Gasteiger partial charge in [0, 0.05) is 11.1 Å². The van der Waals surface area contributed by atoms with Gasteiger partial charge < -0.3 is 5.11 Å². The molecule has 0 saturated carbocycles. The first-order valence-electron chi connectivity index (χ1n) is 7.07. The predicted molar refractivity (Wildman–Crippen MR) is 99.9 cm³/mol. The maximum Gasteiger partial charge on any atom is 0.115 e. The van der Waals surface area contributed by atoms with Crippen LogP contribution in [-0.2, 0) is 0 Å². The van der Waals surface area contributed by atoms with Crippen molar-refractivity contribution >= 4 is 0 Å². The first-order valence-corrected chi connectivity index (χ1v) is 7.07. The Morgan fingerprint density at radius 2 is 1.65 bits per heavy atom. The van der Waals surface area contributed by atoms with Crippen LogP contribution in [0.5, 0.6) is 0 Å². The van der Waals surface area contributed by atoms with E-state index in [0.717, 1.165) is 22.3 Å². The first kappa shape index (κ1) is 17.8. The molecule has 0 bridgehead atoms. The van der Waals surface area contributed by atoms with E-state index in [4.69, 9.17) is 0 Å². The molecule has 0 aliphatic carbocycles. The van der Waals surface area contributed by atoms with Gasteiger partial charge in [-0.2, -0.15) is 0 Å². The van der Waals surface area contributed by atoms with Crippen molar-refractivity contribution in [1.82, 2.24) is 0 Å². The molecule has 114 valence electrons. The molecule has 0 aliphatic rings. The van der Waals surface area contributed by atoms with Crippen molar-refractivity contribution in [3.63, 3.8) is 0 Å². The third kappa shape index (κ3) is 6.37. The second-order valence-electron chi connectivity index (χ2n) is 4.57. The largest absolute Gasteiger partial charge is 0.508 e. The van der Waals surface area contributed by atoms with E-state index < -0.39 is 0 Å². The molecule has 1 aromatic carbocycles. The molecule has 0 atom stereocenters. The van der Waals surface area contributed by atoms with Crippen LogP contribution in [0.3, 0.4) is 0 Å². The summed E-state index contributed by atoms with van der Waals surface area (Å²) in [5.41, 5.74) is 3.18. The number of hydrogen-bond donors (Lipinski definition) is 1. The van der Waals surface area contributed by atoms with E-state index in [0.29, 0.717) is 0 Å².